The van der Waals surface area contributed by atoms with E-state index in [-0.39, 0.29) is 17.2 Å². The Morgan fingerprint density at radius 2 is 1.65 bits per heavy atom. The number of sulfonamides is 1. The first kappa shape index (κ1) is 18.8. The zero-order valence-corrected chi connectivity index (χ0v) is 15.4. The van der Waals surface area contributed by atoms with E-state index in [1.807, 2.05) is 0 Å². The van der Waals surface area contributed by atoms with Crippen LogP contribution in [0.25, 0.3) is 0 Å². The molecule has 1 aromatic rings. The molecule has 0 radical (unpaired) electrons. The van der Waals surface area contributed by atoms with Gasteiger partial charge in [-0.3, -0.25) is 4.79 Å². The van der Waals surface area contributed by atoms with E-state index in [0.717, 1.165) is 25.7 Å². The van der Waals surface area contributed by atoms with Crippen LogP contribution in [-0.2, 0) is 26.0 Å². The molecule has 2 N–H and O–H groups in total. The Kier molecular flexibility index (Phi) is 5.34. The number of carbonyl (C=O) groups is 2. The number of hydrogen-bond acceptors (Lipinski definition) is 4. The van der Waals surface area contributed by atoms with Crippen LogP contribution in [0.5, 0.6) is 0 Å². The van der Waals surface area contributed by atoms with Crippen molar-refractivity contribution < 1.29 is 23.1 Å². The van der Waals surface area contributed by atoms with Crippen molar-refractivity contribution in [1.29, 1.82) is 0 Å². The number of benzene rings is 1. The number of piperidine rings is 1. The van der Waals surface area contributed by atoms with Crippen LogP contribution in [0, 0.1) is 0 Å². The fourth-order valence-electron chi connectivity index (χ4n) is 3.45. The molecule has 0 spiro atoms. The molecule has 0 atom stereocenters. The quantitative estimate of drug-likeness (QED) is 0.779. The SMILES string of the molecule is O=C(Cc1ccc(S(=O)(=O)N2CCCCC2)cc1)NC1(C(=O)O)CCC1. The molecular formula is C18H24N2O5S. The van der Waals surface area contributed by atoms with Crippen LogP contribution in [0.2, 0.25) is 0 Å². The number of carboxylic acid groups (broad SMARTS) is 1. The summed E-state index contributed by atoms with van der Waals surface area (Å²) in [4.78, 5) is 23.7. The van der Waals surface area contributed by atoms with E-state index in [1.165, 1.54) is 16.4 Å². The second-order valence-electron chi connectivity index (χ2n) is 7.07. The lowest BCUT2D eigenvalue weighted by molar-refractivity contribution is -0.151. The molecule has 8 heteroatoms. The molecule has 1 aliphatic heterocycles. The van der Waals surface area contributed by atoms with E-state index in [4.69, 9.17) is 0 Å². The minimum absolute atomic E-state index is 0.0269. The summed E-state index contributed by atoms with van der Waals surface area (Å²) >= 11 is 0. The number of aliphatic carboxylic acids is 1. The van der Waals surface area contributed by atoms with E-state index in [1.54, 1.807) is 12.1 Å². The predicted octanol–water partition coefficient (Wildman–Crippen LogP) is 1.53. The molecule has 0 unspecified atom stereocenters. The van der Waals surface area contributed by atoms with Gasteiger partial charge < -0.3 is 10.4 Å². The number of nitrogens with one attached hydrogen (secondary N) is 1. The van der Waals surface area contributed by atoms with Gasteiger partial charge in [-0.2, -0.15) is 4.31 Å². The maximum atomic E-state index is 12.6. The number of nitrogens with zero attached hydrogens (tertiary/aromatic N) is 1. The van der Waals surface area contributed by atoms with Crippen molar-refractivity contribution in [3.05, 3.63) is 29.8 Å². The molecule has 1 aromatic carbocycles. The van der Waals surface area contributed by atoms with Crippen molar-refractivity contribution in [3.8, 4) is 0 Å². The highest BCUT2D eigenvalue weighted by Gasteiger charge is 2.45. The van der Waals surface area contributed by atoms with E-state index in [9.17, 15) is 23.1 Å². The van der Waals surface area contributed by atoms with Gasteiger partial charge in [-0.25, -0.2) is 13.2 Å². The first-order valence-corrected chi connectivity index (χ1v) is 10.4. The van der Waals surface area contributed by atoms with Gasteiger partial charge in [0.2, 0.25) is 15.9 Å². The molecule has 3 rings (SSSR count). The van der Waals surface area contributed by atoms with Crippen molar-refractivity contribution in [2.24, 2.45) is 0 Å². The van der Waals surface area contributed by atoms with Crippen molar-refractivity contribution >= 4 is 21.9 Å². The van der Waals surface area contributed by atoms with Crippen molar-refractivity contribution in [2.45, 2.75) is 55.4 Å². The maximum absolute atomic E-state index is 12.6. The monoisotopic (exact) mass is 380 g/mol. The Bertz CT molecular complexity index is 778. The van der Waals surface area contributed by atoms with Gasteiger partial charge in [0.15, 0.2) is 0 Å². The van der Waals surface area contributed by atoms with Crippen LogP contribution in [0.15, 0.2) is 29.2 Å². The van der Waals surface area contributed by atoms with Gasteiger partial charge in [0.1, 0.15) is 5.54 Å². The van der Waals surface area contributed by atoms with Gasteiger partial charge in [-0.05, 0) is 49.8 Å². The van der Waals surface area contributed by atoms with Crippen molar-refractivity contribution in [3.63, 3.8) is 0 Å². The Morgan fingerprint density at radius 3 is 2.15 bits per heavy atom. The molecular weight excluding hydrogens is 356 g/mol. The Morgan fingerprint density at radius 1 is 1.04 bits per heavy atom. The summed E-state index contributed by atoms with van der Waals surface area (Å²) in [6, 6.07) is 6.26. The number of carbonyl (C=O) groups excluding carboxylic acids is 1. The number of rotatable bonds is 6. The second kappa shape index (κ2) is 7.36. The molecule has 1 saturated heterocycles. The zero-order chi connectivity index (χ0) is 18.8. The van der Waals surface area contributed by atoms with Crippen molar-refractivity contribution in [1.82, 2.24) is 9.62 Å². The van der Waals surface area contributed by atoms with E-state index < -0.39 is 21.5 Å². The highest BCUT2D eigenvalue weighted by Crippen LogP contribution is 2.32. The highest BCUT2D eigenvalue weighted by molar-refractivity contribution is 7.89. The van der Waals surface area contributed by atoms with Gasteiger partial charge in [0.05, 0.1) is 11.3 Å². The third-order valence-electron chi connectivity index (χ3n) is 5.24. The minimum Gasteiger partial charge on any atom is -0.480 e. The van der Waals surface area contributed by atoms with Gasteiger partial charge in [-0.15, -0.1) is 0 Å². The van der Waals surface area contributed by atoms with Crippen LogP contribution in [0.4, 0.5) is 0 Å². The molecule has 26 heavy (non-hydrogen) atoms. The standard InChI is InChI=1S/C18H24N2O5S/c21-16(19-18(17(22)23)9-4-10-18)13-14-5-7-15(8-6-14)26(24,25)20-11-2-1-3-12-20/h5-8H,1-4,9-13H2,(H,19,21)(H,22,23). The normalized spacial score (nSPS) is 20.2. The van der Waals surface area contributed by atoms with Crippen LogP contribution in [-0.4, -0.2) is 48.3 Å². The van der Waals surface area contributed by atoms with Crippen LogP contribution >= 0.6 is 0 Å². The molecule has 1 heterocycles. The second-order valence-corrected chi connectivity index (χ2v) is 9.01. The van der Waals surface area contributed by atoms with Gasteiger partial charge in [0, 0.05) is 13.1 Å². The van der Waals surface area contributed by atoms with Crippen LogP contribution < -0.4 is 5.32 Å². The van der Waals surface area contributed by atoms with E-state index in [2.05, 4.69) is 5.32 Å². The summed E-state index contributed by atoms with van der Waals surface area (Å²) in [6.07, 6.45) is 4.51. The Labute approximate surface area is 153 Å². The number of amides is 1. The minimum atomic E-state index is -3.49. The molecule has 2 aliphatic rings. The molecule has 1 amide bonds. The fraction of sp³-hybridized carbons (Fsp3) is 0.556. The summed E-state index contributed by atoms with van der Waals surface area (Å²) in [5, 5.41) is 11.9. The zero-order valence-electron chi connectivity index (χ0n) is 14.6. The molecule has 7 nitrogen and oxygen atoms in total. The third-order valence-corrected chi connectivity index (χ3v) is 7.15. The average Bonchev–Trinajstić information content (AvgIpc) is 2.59. The smallest absolute Gasteiger partial charge is 0.329 e. The lowest BCUT2D eigenvalue weighted by atomic mass is 9.76. The lowest BCUT2D eigenvalue weighted by Gasteiger charge is -2.38. The third kappa shape index (κ3) is 3.76. The summed E-state index contributed by atoms with van der Waals surface area (Å²) in [5.74, 6) is -1.36. The number of hydrogen-bond donors (Lipinski definition) is 2. The average molecular weight is 380 g/mol. The molecule has 0 aromatic heterocycles. The molecule has 2 fully saturated rings. The largest absolute Gasteiger partial charge is 0.480 e. The van der Waals surface area contributed by atoms with Gasteiger partial charge in [-0.1, -0.05) is 18.6 Å². The summed E-state index contributed by atoms with van der Waals surface area (Å²) in [7, 11) is -3.49. The fourth-order valence-corrected chi connectivity index (χ4v) is 4.97. The molecule has 1 saturated carbocycles. The van der Waals surface area contributed by atoms with Crippen LogP contribution in [0.3, 0.4) is 0 Å². The Hall–Kier alpha value is -1.93. The number of carboxylic acids is 1. The highest BCUT2D eigenvalue weighted by atomic mass is 32.2. The topological polar surface area (TPSA) is 104 Å². The first-order valence-electron chi connectivity index (χ1n) is 8.97. The maximum Gasteiger partial charge on any atom is 0.329 e. The predicted molar refractivity (Wildman–Crippen MR) is 95.1 cm³/mol. The van der Waals surface area contributed by atoms with Crippen LogP contribution in [0.1, 0.15) is 44.1 Å². The molecule has 1 aliphatic carbocycles. The summed E-state index contributed by atoms with van der Waals surface area (Å²) < 4.78 is 26.7. The summed E-state index contributed by atoms with van der Waals surface area (Å²) in [5.41, 5.74) is -0.478. The van der Waals surface area contributed by atoms with Gasteiger partial charge >= 0.3 is 5.97 Å². The van der Waals surface area contributed by atoms with E-state index >= 15 is 0 Å². The van der Waals surface area contributed by atoms with Gasteiger partial charge in [0.25, 0.3) is 0 Å². The Balaban J connectivity index is 1.64. The van der Waals surface area contributed by atoms with E-state index in [0.29, 0.717) is 31.5 Å². The molecule has 142 valence electrons. The van der Waals surface area contributed by atoms with Crippen molar-refractivity contribution in [2.75, 3.05) is 13.1 Å². The summed E-state index contributed by atoms with van der Waals surface area (Å²) in [6.45, 7) is 1.09. The first-order chi connectivity index (χ1) is 12.3. The molecule has 0 bridgehead atoms. The lowest BCUT2D eigenvalue weighted by Crippen LogP contribution is -2.59.